The van der Waals surface area contributed by atoms with Crippen molar-refractivity contribution in [3.05, 3.63) is 60.8 Å². The topological polar surface area (TPSA) is 102 Å². The molecule has 0 saturated heterocycles. The zero-order valence-corrected chi connectivity index (χ0v) is 37.2. The van der Waals surface area contributed by atoms with Gasteiger partial charge in [-0.3, -0.25) is 9.59 Å². The maximum atomic E-state index is 12.7. The molecule has 2 atom stereocenters. The first kappa shape index (κ1) is 54.0. The molecule has 57 heavy (non-hydrogen) atoms. The number of esters is 2. The Bertz CT molecular complexity index is 1120. The van der Waals surface area contributed by atoms with E-state index in [2.05, 4.69) is 74.6 Å². The first-order valence-corrected chi connectivity index (χ1v) is 22.8. The van der Waals surface area contributed by atoms with Crippen molar-refractivity contribution >= 4 is 17.9 Å². The predicted octanol–water partition coefficient (Wildman–Crippen LogP) is 11.2. The third-order valence-electron chi connectivity index (χ3n) is 9.92. The van der Waals surface area contributed by atoms with Crippen LogP contribution in [-0.4, -0.2) is 75.5 Å². The fourth-order valence-electron chi connectivity index (χ4n) is 6.40. The van der Waals surface area contributed by atoms with Crippen molar-refractivity contribution in [2.24, 2.45) is 0 Å². The van der Waals surface area contributed by atoms with Crippen LogP contribution in [0.2, 0.25) is 0 Å². The summed E-state index contributed by atoms with van der Waals surface area (Å²) in [4.78, 5) is 36.9. The number of carbonyl (C=O) groups is 3. The molecular weight excluding hydrogens is 715 g/mol. The van der Waals surface area contributed by atoms with Crippen LogP contribution in [0.3, 0.4) is 0 Å². The molecule has 0 fully saturated rings. The van der Waals surface area contributed by atoms with Gasteiger partial charge < -0.3 is 28.6 Å². The molecular formula is C49H85NO7. The van der Waals surface area contributed by atoms with Crippen molar-refractivity contribution in [2.75, 3.05) is 41.0 Å². The summed E-state index contributed by atoms with van der Waals surface area (Å²) in [6.45, 7) is 4.49. The van der Waals surface area contributed by atoms with E-state index in [-0.39, 0.29) is 49.1 Å². The second kappa shape index (κ2) is 39.8. The maximum Gasteiger partial charge on any atom is 0.306 e. The average molecular weight is 800 g/mol. The molecule has 0 saturated carbocycles. The quantitative estimate of drug-likeness (QED) is 0.0263. The molecule has 0 aliphatic carbocycles. The van der Waals surface area contributed by atoms with Gasteiger partial charge in [-0.1, -0.05) is 171 Å². The molecule has 0 radical (unpaired) electrons. The van der Waals surface area contributed by atoms with Gasteiger partial charge in [0.1, 0.15) is 12.6 Å². The lowest BCUT2D eigenvalue weighted by molar-refractivity contribution is -0.889. The number of ether oxygens (including phenoxy) is 3. The fraction of sp³-hybridized carbons (Fsp3) is 0.735. The Labute approximate surface area is 349 Å². The van der Waals surface area contributed by atoms with Crippen molar-refractivity contribution in [3.63, 3.8) is 0 Å². The Morgan fingerprint density at radius 1 is 0.544 bits per heavy atom. The summed E-state index contributed by atoms with van der Waals surface area (Å²) >= 11 is 0. The highest BCUT2D eigenvalue weighted by Crippen LogP contribution is 2.15. The van der Waals surface area contributed by atoms with Crippen molar-refractivity contribution in [1.82, 2.24) is 0 Å². The van der Waals surface area contributed by atoms with E-state index in [1.807, 2.05) is 0 Å². The van der Waals surface area contributed by atoms with Gasteiger partial charge in [0.25, 0.3) is 0 Å². The number of carboxylic acid groups (broad SMARTS) is 1. The summed E-state index contributed by atoms with van der Waals surface area (Å²) < 4.78 is 17.1. The van der Waals surface area contributed by atoms with Crippen molar-refractivity contribution in [1.29, 1.82) is 0 Å². The van der Waals surface area contributed by atoms with Crippen LogP contribution in [0.5, 0.6) is 0 Å². The number of quaternary nitrogens is 1. The molecule has 0 aliphatic heterocycles. The Morgan fingerprint density at radius 2 is 0.982 bits per heavy atom. The van der Waals surface area contributed by atoms with Crippen LogP contribution >= 0.6 is 0 Å². The van der Waals surface area contributed by atoms with Crippen LogP contribution in [0, 0.1) is 0 Å². The lowest BCUT2D eigenvalue weighted by atomic mass is 10.0. The molecule has 0 spiro atoms. The summed E-state index contributed by atoms with van der Waals surface area (Å²) in [6.07, 6.45) is 48.2. The molecule has 0 N–H and O–H groups in total. The zero-order chi connectivity index (χ0) is 42.1. The van der Waals surface area contributed by atoms with Crippen LogP contribution in [0.1, 0.15) is 181 Å². The normalized spacial score (nSPS) is 13.5. The number of carboxylic acids is 1. The molecule has 0 aromatic heterocycles. The number of aliphatic carboxylic acids is 1. The molecule has 2 unspecified atom stereocenters. The number of nitrogens with zero attached hydrogens (tertiary/aromatic N) is 1. The van der Waals surface area contributed by atoms with Gasteiger partial charge in [-0.2, -0.15) is 0 Å². The standard InChI is InChI=1S/C49H85NO7/c1-6-8-10-12-14-16-18-20-22-24-26-28-30-32-34-36-38-40-48(52)57-45(43-55-42-41-46(49(53)54)50(3,4)5)44-56-47(51)39-37-35-33-31-29-27-25-23-21-19-17-15-13-11-9-7-2/h8,10,14,16,20,22,26,28,32,34,45-46H,6-7,9,11-13,15,17-19,21,23-25,27,29-31,33,35-44H2,1-5H3/b10-8+,16-14+,22-20+,28-26+,34-32+. The Balaban J connectivity index is 4.42. The molecule has 0 aromatic rings. The van der Waals surface area contributed by atoms with Crippen LogP contribution in [0.25, 0.3) is 0 Å². The lowest BCUT2D eigenvalue weighted by Gasteiger charge is -2.34. The van der Waals surface area contributed by atoms with E-state index in [0.717, 1.165) is 57.8 Å². The number of hydrogen-bond donors (Lipinski definition) is 0. The van der Waals surface area contributed by atoms with Gasteiger partial charge in [0.15, 0.2) is 6.10 Å². The molecule has 0 heterocycles. The van der Waals surface area contributed by atoms with Gasteiger partial charge in [0.2, 0.25) is 0 Å². The highest BCUT2D eigenvalue weighted by Gasteiger charge is 2.25. The molecule has 0 amide bonds. The Morgan fingerprint density at radius 3 is 1.44 bits per heavy atom. The molecule has 0 rings (SSSR count). The number of rotatable bonds is 40. The first-order valence-electron chi connectivity index (χ1n) is 22.8. The van der Waals surface area contributed by atoms with Gasteiger partial charge >= 0.3 is 11.9 Å². The largest absolute Gasteiger partial charge is 0.544 e. The molecule has 8 nitrogen and oxygen atoms in total. The molecule has 0 bridgehead atoms. The van der Waals surface area contributed by atoms with Crippen LogP contribution in [0.15, 0.2) is 60.8 Å². The lowest BCUT2D eigenvalue weighted by Crippen LogP contribution is -2.55. The second-order valence-electron chi connectivity index (χ2n) is 16.3. The number of unbranched alkanes of at least 4 members (excludes halogenated alkanes) is 16. The van der Waals surface area contributed by atoms with E-state index < -0.39 is 18.1 Å². The number of likely N-dealkylation sites (N-methyl/N-ethyl adjacent to an activating group) is 1. The van der Waals surface area contributed by atoms with Gasteiger partial charge in [-0.25, -0.2) is 0 Å². The van der Waals surface area contributed by atoms with Gasteiger partial charge in [0, 0.05) is 19.3 Å². The van der Waals surface area contributed by atoms with Crippen LogP contribution in [-0.2, 0) is 28.6 Å². The SMILES string of the molecule is CC/C=C/C/C=C/C/C=C/C/C=C/C/C=C/CCCC(=O)OC(COCCC(C(=O)[O-])[N+](C)(C)C)COC(=O)CCCCCCCCCCCCCCCCCC. The summed E-state index contributed by atoms with van der Waals surface area (Å²) in [6, 6.07) is -0.737. The van der Waals surface area contributed by atoms with E-state index in [0.29, 0.717) is 12.8 Å². The van der Waals surface area contributed by atoms with Gasteiger partial charge in [-0.05, 0) is 51.4 Å². The number of hydrogen-bond acceptors (Lipinski definition) is 7. The summed E-state index contributed by atoms with van der Waals surface area (Å²) in [5.41, 5.74) is 0. The minimum atomic E-state index is -1.13. The average Bonchev–Trinajstić information content (AvgIpc) is 3.17. The van der Waals surface area contributed by atoms with Gasteiger partial charge in [-0.15, -0.1) is 0 Å². The highest BCUT2D eigenvalue weighted by atomic mass is 16.6. The van der Waals surface area contributed by atoms with E-state index in [4.69, 9.17) is 14.2 Å². The van der Waals surface area contributed by atoms with Crippen LogP contribution in [0.4, 0.5) is 0 Å². The minimum Gasteiger partial charge on any atom is -0.544 e. The third-order valence-corrected chi connectivity index (χ3v) is 9.92. The number of allylic oxidation sites excluding steroid dienone is 10. The molecule has 328 valence electrons. The molecule has 8 heteroatoms. The molecule has 0 aliphatic rings. The minimum absolute atomic E-state index is 0.0176. The Hall–Kier alpha value is -2.97. The first-order chi connectivity index (χ1) is 27.6. The summed E-state index contributed by atoms with van der Waals surface area (Å²) in [5, 5.41) is 11.6. The van der Waals surface area contributed by atoms with E-state index in [1.54, 1.807) is 21.1 Å². The van der Waals surface area contributed by atoms with Crippen molar-refractivity contribution in [2.45, 2.75) is 193 Å². The number of carbonyl (C=O) groups excluding carboxylic acids is 3. The predicted molar refractivity (Wildman–Crippen MR) is 236 cm³/mol. The summed E-state index contributed by atoms with van der Waals surface area (Å²) in [7, 11) is 5.39. The van der Waals surface area contributed by atoms with E-state index in [9.17, 15) is 19.5 Å². The third kappa shape index (κ3) is 38.3. The second-order valence-corrected chi connectivity index (χ2v) is 16.3. The van der Waals surface area contributed by atoms with Crippen molar-refractivity contribution in [3.8, 4) is 0 Å². The van der Waals surface area contributed by atoms with E-state index in [1.165, 1.54) is 83.5 Å². The summed E-state index contributed by atoms with van der Waals surface area (Å²) in [5.74, 6) is -1.81. The monoisotopic (exact) mass is 800 g/mol. The van der Waals surface area contributed by atoms with Crippen molar-refractivity contribution < 1.29 is 38.2 Å². The smallest absolute Gasteiger partial charge is 0.306 e. The van der Waals surface area contributed by atoms with E-state index >= 15 is 0 Å². The molecule has 0 aromatic carbocycles. The Kier molecular flexibility index (Phi) is 37.8. The van der Waals surface area contributed by atoms with Gasteiger partial charge in [0.05, 0.1) is 40.3 Å². The highest BCUT2D eigenvalue weighted by molar-refractivity contribution is 5.70. The van der Waals surface area contributed by atoms with Crippen LogP contribution < -0.4 is 5.11 Å². The fourth-order valence-corrected chi connectivity index (χ4v) is 6.40. The maximum absolute atomic E-state index is 12.7. The zero-order valence-electron chi connectivity index (χ0n) is 37.2.